The van der Waals surface area contributed by atoms with E-state index in [9.17, 15) is 4.79 Å². The second-order valence-electron chi connectivity index (χ2n) is 7.59. The summed E-state index contributed by atoms with van der Waals surface area (Å²) in [7, 11) is 0. The van der Waals surface area contributed by atoms with Crippen LogP contribution in [0.4, 0.5) is 0 Å². The van der Waals surface area contributed by atoms with E-state index in [2.05, 4.69) is 21.2 Å². The molecule has 0 saturated carbocycles. The smallest absolute Gasteiger partial charge is 0.258 e. The van der Waals surface area contributed by atoms with Crippen molar-refractivity contribution in [2.45, 2.75) is 25.8 Å². The summed E-state index contributed by atoms with van der Waals surface area (Å²) in [6.07, 6.45) is 4.45. The Hall–Kier alpha value is -3.99. The lowest BCUT2D eigenvalue weighted by molar-refractivity contribution is -0.130. The summed E-state index contributed by atoms with van der Waals surface area (Å²) >= 11 is 0. The van der Waals surface area contributed by atoms with Gasteiger partial charge in [0.25, 0.3) is 5.89 Å². The van der Waals surface area contributed by atoms with Crippen LogP contribution in [0, 0.1) is 11.3 Å². The Kier molecular flexibility index (Phi) is 4.92. The number of likely N-dealkylation sites (tertiary alicyclic amines) is 1. The number of carbonyl (C=O) groups is 1. The van der Waals surface area contributed by atoms with E-state index >= 15 is 0 Å². The van der Waals surface area contributed by atoms with Crippen LogP contribution in [0.1, 0.15) is 24.8 Å². The number of nitrogens with zero attached hydrogens (tertiary/aromatic N) is 6. The van der Waals surface area contributed by atoms with Crippen LogP contribution in [-0.4, -0.2) is 43.6 Å². The molecule has 8 nitrogen and oxygen atoms in total. The third-order valence-electron chi connectivity index (χ3n) is 5.59. The molecule has 0 atom stereocenters. The molecule has 0 radical (unpaired) electrons. The van der Waals surface area contributed by atoms with Crippen LogP contribution in [0.15, 0.2) is 53.3 Å². The summed E-state index contributed by atoms with van der Waals surface area (Å²) in [6.45, 7) is 2.36. The Morgan fingerprint density at radius 2 is 1.87 bits per heavy atom. The van der Waals surface area contributed by atoms with E-state index in [1.807, 2.05) is 27.7 Å². The van der Waals surface area contributed by atoms with Gasteiger partial charge in [-0.3, -0.25) is 4.79 Å². The van der Waals surface area contributed by atoms with Crippen molar-refractivity contribution in [3.63, 3.8) is 0 Å². The second-order valence-corrected chi connectivity index (χ2v) is 7.59. The zero-order valence-electron chi connectivity index (χ0n) is 16.9. The molecule has 154 valence electrons. The minimum Gasteiger partial charge on any atom is -0.343 e. The molecule has 1 aliphatic rings. The summed E-state index contributed by atoms with van der Waals surface area (Å²) < 4.78 is 7.40. The van der Waals surface area contributed by atoms with Crippen molar-refractivity contribution >= 4 is 16.9 Å². The molecule has 0 N–H and O–H groups in total. The number of fused-ring (bicyclic) bond motifs is 1. The van der Waals surface area contributed by atoms with Crippen molar-refractivity contribution in [3.8, 4) is 28.9 Å². The summed E-state index contributed by atoms with van der Waals surface area (Å²) in [5.74, 6) is 1.07. The first-order valence-electron chi connectivity index (χ1n) is 10.3. The minimum absolute atomic E-state index is 0.207. The van der Waals surface area contributed by atoms with E-state index in [0.29, 0.717) is 30.2 Å². The van der Waals surface area contributed by atoms with Gasteiger partial charge in [0.15, 0.2) is 0 Å². The highest BCUT2D eigenvalue weighted by atomic mass is 16.5. The average Bonchev–Trinajstić information content (AvgIpc) is 3.58. The number of nitriles is 1. The monoisotopic (exact) mass is 412 g/mol. The fraction of sp³-hybridized carbons (Fsp3) is 0.261. The molecular formula is C23H20N6O2. The number of carbonyl (C=O) groups excluding carboxylic acids is 1. The Labute approximate surface area is 178 Å². The van der Waals surface area contributed by atoms with E-state index in [1.54, 1.807) is 30.6 Å². The normalized spacial score (nSPS) is 13.6. The molecule has 3 heterocycles. The molecule has 0 spiro atoms. The number of amides is 1. The number of imidazole rings is 1. The zero-order valence-corrected chi connectivity index (χ0v) is 16.9. The highest BCUT2D eigenvalue weighted by Crippen LogP contribution is 2.25. The lowest BCUT2D eigenvalue weighted by atomic mass is 10.1. The molecule has 2 aromatic carbocycles. The molecule has 0 bridgehead atoms. The van der Waals surface area contributed by atoms with Crippen molar-refractivity contribution in [1.82, 2.24) is 24.6 Å². The minimum atomic E-state index is 0.207. The van der Waals surface area contributed by atoms with Gasteiger partial charge in [0.1, 0.15) is 0 Å². The van der Waals surface area contributed by atoms with Crippen molar-refractivity contribution in [2.75, 3.05) is 13.1 Å². The van der Waals surface area contributed by atoms with Gasteiger partial charge in [-0.05, 0) is 55.3 Å². The standard InChI is InChI=1S/C23H20N6O2/c24-14-16-3-5-17(6-4-16)23-26-22(27-31-23)18-7-8-20-19(13-18)25-15-29(20)12-9-21(30)28-10-1-2-11-28/h3-8,13,15H,1-2,9-12H2. The second kappa shape index (κ2) is 8.03. The number of rotatable bonds is 5. The predicted octanol–water partition coefficient (Wildman–Crippen LogP) is 3.64. The van der Waals surface area contributed by atoms with Crippen LogP contribution in [-0.2, 0) is 11.3 Å². The van der Waals surface area contributed by atoms with Gasteiger partial charge in [0.05, 0.1) is 29.0 Å². The lowest BCUT2D eigenvalue weighted by Crippen LogP contribution is -2.28. The molecule has 1 fully saturated rings. The molecule has 31 heavy (non-hydrogen) atoms. The number of hydrogen-bond donors (Lipinski definition) is 0. The first kappa shape index (κ1) is 19.0. The molecule has 4 aromatic rings. The lowest BCUT2D eigenvalue weighted by Gasteiger charge is -2.15. The maximum Gasteiger partial charge on any atom is 0.258 e. The first-order valence-corrected chi connectivity index (χ1v) is 10.3. The number of aryl methyl sites for hydroxylation is 1. The van der Waals surface area contributed by atoms with E-state index in [4.69, 9.17) is 9.78 Å². The molecule has 0 unspecified atom stereocenters. The Morgan fingerprint density at radius 3 is 2.65 bits per heavy atom. The molecular weight excluding hydrogens is 392 g/mol. The van der Waals surface area contributed by atoms with Gasteiger partial charge < -0.3 is 14.0 Å². The average molecular weight is 412 g/mol. The fourth-order valence-electron chi connectivity index (χ4n) is 3.87. The van der Waals surface area contributed by atoms with Gasteiger partial charge in [-0.15, -0.1) is 0 Å². The number of aromatic nitrogens is 4. The van der Waals surface area contributed by atoms with Gasteiger partial charge in [0.2, 0.25) is 11.7 Å². The van der Waals surface area contributed by atoms with Crippen LogP contribution in [0.2, 0.25) is 0 Å². The summed E-state index contributed by atoms with van der Waals surface area (Å²) in [4.78, 5) is 23.2. The molecule has 1 amide bonds. The molecule has 1 saturated heterocycles. The van der Waals surface area contributed by atoms with Crippen molar-refractivity contribution in [2.24, 2.45) is 0 Å². The quantitative estimate of drug-likeness (QED) is 0.496. The van der Waals surface area contributed by atoms with Crippen LogP contribution in [0.3, 0.4) is 0 Å². The third-order valence-corrected chi connectivity index (χ3v) is 5.59. The molecule has 5 rings (SSSR count). The molecule has 0 aliphatic carbocycles. The topological polar surface area (TPSA) is 101 Å². The van der Waals surface area contributed by atoms with Crippen LogP contribution < -0.4 is 0 Å². The first-order chi connectivity index (χ1) is 15.2. The largest absolute Gasteiger partial charge is 0.343 e. The highest BCUT2D eigenvalue weighted by Gasteiger charge is 2.18. The van der Waals surface area contributed by atoms with Gasteiger partial charge in [-0.25, -0.2) is 4.98 Å². The number of benzene rings is 2. The maximum absolute atomic E-state index is 12.3. The maximum atomic E-state index is 12.3. The van der Waals surface area contributed by atoms with Crippen molar-refractivity contribution in [3.05, 3.63) is 54.4 Å². The van der Waals surface area contributed by atoms with E-state index < -0.39 is 0 Å². The molecule has 2 aromatic heterocycles. The molecule has 1 aliphatic heterocycles. The van der Waals surface area contributed by atoms with Crippen molar-refractivity contribution < 1.29 is 9.32 Å². The van der Waals surface area contributed by atoms with Gasteiger partial charge in [0, 0.05) is 37.2 Å². The van der Waals surface area contributed by atoms with Gasteiger partial charge in [-0.2, -0.15) is 10.2 Å². The third kappa shape index (κ3) is 3.78. The Bertz CT molecular complexity index is 1280. The summed E-state index contributed by atoms with van der Waals surface area (Å²) in [5.41, 5.74) is 3.91. The molecule has 8 heteroatoms. The van der Waals surface area contributed by atoms with Crippen molar-refractivity contribution in [1.29, 1.82) is 5.26 Å². The fourth-order valence-corrected chi connectivity index (χ4v) is 3.87. The number of hydrogen-bond acceptors (Lipinski definition) is 6. The van der Waals surface area contributed by atoms with Crippen LogP contribution in [0.25, 0.3) is 33.9 Å². The summed E-state index contributed by atoms with van der Waals surface area (Å²) in [5, 5.41) is 13.0. The van der Waals surface area contributed by atoms with E-state index in [-0.39, 0.29) is 5.91 Å². The Morgan fingerprint density at radius 1 is 1.10 bits per heavy atom. The van der Waals surface area contributed by atoms with Gasteiger partial charge in [-0.1, -0.05) is 5.16 Å². The Balaban J connectivity index is 1.33. The summed E-state index contributed by atoms with van der Waals surface area (Å²) in [6, 6.07) is 14.9. The van der Waals surface area contributed by atoms with Crippen LogP contribution >= 0.6 is 0 Å². The van der Waals surface area contributed by atoms with Gasteiger partial charge >= 0.3 is 0 Å². The SMILES string of the molecule is N#Cc1ccc(-c2nc(-c3ccc4c(c3)ncn4CCC(=O)N3CCCC3)no2)cc1. The zero-order chi connectivity index (χ0) is 21.2. The van der Waals surface area contributed by atoms with E-state index in [0.717, 1.165) is 48.1 Å². The van der Waals surface area contributed by atoms with Crippen LogP contribution in [0.5, 0.6) is 0 Å². The predicted molar refractivity (Wildman–Crippen MR) is 114 cm³/mol. The van der Waals surface area contributed by atoms with E-state index in [1.165, 1.54) is 0 Å². The highest BCUT2D eigenvalue weighted by molar-refractivity contribution is 5.81.